The van der Waals surface area contributed by atoms with Crippen LogP contribution in [0.4, 0.5) is 0 Å². The summed E-state index contributed by atoms with van der Waals surface area (Å²) in [6.45, 7) is 4.97. The maximum Gasteiger partial charge on any atom is 0.367 e. The number of thiazole rings is 1. The molecule has 1 saturated heterocycles. The van der Waals surface area contributed by atoms with E-state index in [1.807, 2.05) is 0 Å². The van der Waals surface area contributed by atoms with Crippen LogP contribution < -0.4 is 5.32 Å². The van der Waals surface area contributed by atoms with Crippen LogP contribution in [0.2, 0.25) is 0 Å². The molecule has 0 aliphatic carbocycles. The van der Waals surface area contributed by atoms with E-state index in [9.17, 15) is 9.59 Å². The van der Waals surface area contributed by atoms with Crippen molar-refractivity contribution in [2.75, 3.05) is 32.8 Å². The first-order valence-electron chi connectivity index (χ1n) is 5.85. The molecule has 2 rings (SSSR count). The number of carbonyl (C=O) groups excluding carboxylic acids is 2. The highest BCUT2D eigenvalue weighted by atomic mass is 32.1. The molecule has 1 amide bonds. The van der Waals surface area contributed by atoms with Crippen molar-refractivity contribution in [2.45, 2.75) is 6.92 Å². The Morgan fingerprint density at radius 2 is 2.22 bits per heavy atom. The molecule has 0 saturated carbocycles. The van der Waals surface area contributed by atoms with E-state index in [1.165, 1.54) is 0 Å². The van der Waals surface area contributed by atoms with Crippen LogP contribution in [-0.4, -0.2) is 54.5 Å². The molecule has 1 aromatic rings. The van der Waals surface area contributed by atoms with Crippen molar-refractivity contribution in [3.63, 3.8) is 0 Å². The third-order valence-electron chi connectivity index (χ3n) is 2.58. The van der Waals surface area contributed by atoms with Crippen LogP contribution in [0.1, 0.15) is 27.2 Å². The number of aromatic nitrogens is 1. The van der Waals surface area contributed by atoms with E-state index in [2.05, 4.69) is 10.3 Å². The van der Waals surface area contributed by atoms with E-state index in [-0.39, 0.29) is 10.9 Å². The second-order valence-electron chi connectivity index (χ2n) is 3.80. The third kappa shape index (κ3) is 2.85. The van der Waals surface area contributed by atoms with Crippen LogP contribution in [0.15, 0.2) is 5.38 Å². The van der Waals surface area contributed by atoms with Crippen molar-refractivity contribution in [3.8, 4) is 0 Å². The monoisotopic (exact) mass is 269 g/mol. The van der Waals surface area contributed by atoms with Gasteiger partial charge in [0.1, 0.15) is 5.69 Å². The Kier molecular flexibility index (Phi) is 4.27. The van der Waals surface area contributed by atoms with Crippen LogP contribution in [0.3, 0.4) is 0 Å². The highest BCUT2D eigenvalue weighted by Crippen LogP contribution is 2.13. The molecule has 2 heterocycles. The van der Waals surface area contributed by atoms with Gasteiger partial charge in [0.2, 0.25) is 5.01 Å². The van der Waals surface area contributed by atoms with Gasteiger partial charge in [-0.05, 0) is 6.92 Å². The first-order chi connectivity index (χ1) is 8.72. The van der Waals surface area contributed by atoms with Gasteiger partial charge in [-0.15, -0.1) is 11.3 Å². The maximum atomic E-state index is 12.1. The standard InChI is InChI=1S/C11H15N3O3S/c1-2-17-11(16)9-13-8(7-18-9)10(15)14-5-3-12-4-6-14/h7,12H,2-6H2,1H3. The minimum atomic E-state index is -0.470. The molecule has 0 atom stereocenters. The summed E-state index contributed by atoms with van der Waals surface area (Å²) in [5.74, 6) is -0.592. The number of amides is 1. The van der Waals surface area contributed by atoms with Gasteiger partial charge in [0.15, 0.2) is 0 Å². The van der Waals surface area contributed by atoms with E-state index in [1.54, 1.807) is 17.2 Å². The van der Waals surface area contributed by atoms with Crippen molar-refractivity contribution in [2.24, 2.45) is 0 Å². The lowest BCUT2D eigenvalue weighted by Gasteiger charge is -2.26. The molecule has 0 unspecified atom stereocenters. The van der Waals surface area contributed by atoms with Crippen molar-refractivity contribution in [1.82, 2.24) is 15.2 Å². The predicted octanol–water partition coefficient (Wildman–Crippen LogP) is 0.365. The van der Waals surface area contributed by atoms with Gasteiger partial charge in [-0.1, -0.05) is 0 Å². The summed E-state index contributed by atoms with van der Waals surface area (Å²) in [6.07, 6.45) is 0. The molecule has 0 aromatic carbocycles. The van der Waals surface area contributed by atoms with Crippen LogP contribution >= 0.6 is 11.3 Å². The average Bonchev–Trinajstić information content (AvgIpc) is 2.89. The second kappa shape index (κ2) is 5.92. The first-order valence-corrected chi connectivity index (χ1v) is 6.73. The molecule has 98 valence electrons. The predicted molar refractivity (Wildman–Crippen MR) is 66.8 cm³/mol. The summed E-state index contributed by atoms with van der Waals surface area (Å²) >= 11 is 1.14. The van der Waals surface area contributed by atoms with Crippen LogP contribution in [0, 0.1) is 0 Å². The highest BCUT2D eigenvalue weighted by molar-refractivity contribution is 7.11. The number of rotatable bonds is 3. The fourth-order valence-electron chi connectivity index (χ4n) is 1.69. The largest absolute Gasteiger partial charge is 0.461 e. The number of carbonyl (C=O) groups is 2. The number of nitrogens with one attached hydrogen (secondary N) is 1. The van der Waals surface area contributed by atoms with Crippen molar-refractivity contribution >= 4 is 23.2 Å². The lowest BCUT2D eigenvalue weighted by molar-refractivity contribution is 0.0526. The Labute approximate surface area is 109 Å². The third-order valence-corrected chi connectivity index (χ3v) is 3.40. The number of esters is 1. The average molecular weight is 269 g/mol. The second-order valence-corrected chi connectivity index (χ2v) is 4.66. The van der Waals surface area contributed by atoms with Gasteiger partial charge in [-0.2, -0.15) is 0 Å². The van der Waals surface area contributed by atoms with E-state index in [0.717, 1.165) is 24.4 Å². The molecular formula is C11H15N3O3S. The summed E-state index contributed by atoms with van der Waals surface area (Å²) in [7, 11) is 0. The SMILES string of the molecule is CCOC(=O)c1nc(C(=O)N2CCNCC2)cs1. The summed E-state index contributed by atoms with van der Waals surface area (Å²) in [4.78, 5) is 29.3. The first kappa shape index (κ1) is 13.0. The van der Waals surface area contributed by atoms with Gasteiger partial charge in [-0.3, -0.25) is 4.79 Å². The van der Waals surface area contributed by atoms with Crippen molar-refractivity contribution in [1.29, 1.82) is 0 Å². The molecule has 1 fully saturated rings. The zero-order valence-electron chi connectivity index (χ0n) is 10.1. The van der Waals surface area contributed by atoms with E-state index >= 15 is 0 Å². The van der Waals surface area contributed by atoms with Crippen LogP contribution in [-0.2, 0) is 4.74 Å². The Morgan fingerprint density at radius 3 is 2.89 bits per heavy atom. The molecular weight excluding hydrogens is 254 g/mol. The lowest BCUT2D eigenvalue weighted by atomic mass is 10.3. The van der Waals surface area contributed by atoms with Crippen molar-refractivity contribution < 1.29 is 14.3 Å². The van der Waals surface area contributed by atoms with E-state index in [0.29, 0.717) is 25.4 Å². The lowest BCUT2D eigenvalue weighted by Crippen LogP contribution is -2.46. The van der Waals surface area contributed by atoms with E-state index < -0.39 is 5.97 Å². The number of hydrogen-bond acceptors (Lipinski definition) is 6. The molecule has 0 spiro atoms. The Balaban J connectivity index is 2.04. The van der Waals surface area contributed by atoms with Gasteiger partial charge in [0.05, 0.1) is 6.61 Å². The molecule has 1 aliphatic heterocycles. The molecule has 6 nitrogen and oxygen atoms in total. The van der Waals surface area contributed by atoms with Gasteiger partial charge < -0.3 is 15.0 Å². The Hall–Kier alpha value is -1.47. The zero-order chi connectivity index (χ0) is 13.0. The molecule has 1 aliphatic rings. The van der Waals surface area contributed by atoms with Gasteiger partial charge in [0, 0.05) is 31.6 Å². The van der Waals surface area contributed by atoms with Crippen molar-refractivity contribution in [3.05, 3.63) is 16.1 Å². The summed E-state index contributed by atoms with van der Waals surface area (Å²) in [5, 5.41) is 5.01. The molecule has 1 aromatic heterocycles. The minimum absolute atomic E-state index is 0.122. The smallest absolute Gasteiger partial charge is 0.367 e. The quantitative estimate of drug-likeness (QED) is 0.802. The van der Waals surface area contributed by atoms with E-state index in [4.69, 9.17) is 4.74 Å². The maximum absolute atomic E-state index is 12.1. The minimum Gasteiger partial charge on any atom is -0.461 e. The van der Waals surface area contributed by atoms with Gasteiger partial charge >= 0.3 is 5.97 Å². The van der Waals surface area contributed by atoms with Gasteiger partial charge in [-0.25, -0.2) is 9.78 Å². The van der Waals surface area contributed by atoms with Crippen LogP contribution in [0.25, 0.3) is 0 Å². The number of ether oxygens (including phenoxy) is 1. The topological polar surface area (TPSA) is 71.5 Å². The fourth-order valence-corrected chi connectivity index (χ4v) is 2.37. The number of hydrogen-bond donors (Lipinski definition) is 1. The summed E-state index contributed by atoms with van der Waals surface area (Å²) < 4.78 is 4.84. The Morgan fingerprint density at radius 1 is 1.50 bits per heavy atom. The fraction of sp³-hybridized carbons (Fsp3) is 0.545. The zero-order valence-corrected chi connectivity index (χ0v) is 11.0. The molecule has 7 heteroatoms. The number of nitrogens with zero attached hydrogens (tertiary/aromatic N) is 2. The molecule has 0 bridgehead atoms. The summed E-state index contributed by atoms with van der Waals surface area (Å²) in [5.41, 5.74) is 0.324. The molecule has 18 heavy (non-hydrogen) atoms. The summed E-state index contributed by atoms with van der Waals surface area (Å²) in [6, 6.07) is 0. The highest BCUT2D eigenvalue weighted by Gasteiger charge is 2.22. The van der Waals surface area contributed by atoms with Crippen LogP contribution in [0.5, 0.6) is 0 Å². The number of piperazine rings is 1. The molecule has 1 N–H and O–H groups in total. The molecule has 0 radical (unpaired) electrons. The Bertz CT molecular complexity index is 440. The van der Waals surface area contributed by atoms with Gasteiger partial charge in [0.25, 0.3) is 5.91 Å². The normalized spacial score (nSPS) is 15.5.